The average molecular weight is 719 g/mol. The van der Waals surface area contributed by atoms with E-state index in [1.807, 2.05) is 48.5 Å². The molecule has 1 aliphatic carbocycles. The molecule has 56 heavy (non-hydrogen) atoms. The SMILES string of the molecule is C1=C2c3ccccc3N(c3cccc(-c4cccc(-c5ccccc5)n4)n3)C2Cc2c1c1ccccc1n2-c1cccc(-c2cccc(-c3ccccc3)n2)n1. The highest BCUT2D eigenvalue weighted by Gasteiger charge is 2.40. The van der Waals surface area contributed by atoms with E-state index in [0.29, 0.717) is 0 Å². The Labute approximate surface area is 324 Å². The topological polar surface area (TPSA) is 59.7 Å². The van der Waals surface area contributed by atoms with Gasteiger partial charge in [-0.3, -0.25) is 4.57 Å². The van der Waals surface area contributed by atoms with Gasteiger partial charge < -0.3 is 4.90 Å². The van der Waals surface area contributed by atoms with Gasteiger partial charge in [0.2, 0.25) is 0 Å². The van der Waals surface area contributed by atoms with Gasteiger partial charge in [0.05, 0.1) is 51.4 Å². The third kappa shape index (κ3) is 5.34. The fraction of sp³-hybridized carbons (Fsp3) is 0.0400. The zero-order valence-electron chi connectivity index (χ0n) is 30.4. The monoisotopic (exact) mass is 718 g/mol. The Kier molecular flexibility index (Phi) is 7.52. The van der Waals surface area contributed by atoms with Crippen LogP contribution in [-0.4, -0.2) is 30.5 Å². The van der Waals surface area contributed by atoms with Crippen LogP contribution in [-0.2, 0) is 6.42 Å². The van der Waals surface area contributed by atoms with Crippen molar-refractivity contribution in [2.75, 3.05) is 4.90 Å². The summed E-state index contributed by atoms with van der Waals surface area (Å²) in [4.78, 5) is 23.1. The number of hydrogen-bond acceptors (Lipinski definition) is 5. The Hall–Kier alpha value is -7.44. The molecule has 0 N–H and O–H groups in total. The second-order valence-corrected chi connectivity index (χ2v) is 14.2. The van der Waals surface area contributed by atoms with Gasteiger partial charge >= 0.3 is 0 Å². The van der Waals surface area contributed by atoms with Crippen molar-refractivity contribution in [1.29, 1.82) is 0 Å². The van der Waals surface area contributed by atoms with Gasteiger partial charge in [-0.05, 0) is 72.3 Å². The van der Waals surface area contributed by atoms with Gasteiger partial charge in [0, 0.05) is 39.8 Å². The minimum atomic E-state index is 0.0294. The van der Waals surface area contributed by atoms with Crippen LogP contribution in [0.2, 0.25) is 0 Å². The standard InChI is InChI=1S/C50H34N6/c1-3-15-33(16-4-1)39-21-11-23-41(51-39)43-25-13-29-49(53-43)55-45-27-9-7-19-35(45)37-31-38-36-20-8-10-28-46(36)56(48(38)32-47(37)55)50-30-14-26-44(54-50)42-24-12-22-40(52-42)34-17-5-2-6-18-34/h1-31,47H,32H2. The second-order valence-electron chi connectivity index (χ2n) is 14.2. The first kappa shape index (κ1) is 32.0. The zero-order chi connectivity index (χ0) is 37.0. The molecule has 1 aliphatic heterocycles. The molecule has 0 radical (unpaired) electrons. The van der Waals surface area contributed by atoms with Crippen LogP contribution in [0.4, 0.5) is 11.5 Å². The Bertz CT molecular complexity index is 2970. The van der Waals surface area contributed by atoms with E-state index in [0.717, 1.165) is 74.6 Å². The van der Waals surface area contributed by atoms with E-state index in [4.69, 9.17) is 19.9 Å². The molecule has 264 valence electrons. The van der Waals surface area contributed by atoms with E-state index in [1.165, 1.54) is 27.8 Å². The van der Waals surface area contributed by atoms with Crippen molar-refractivity contribution in [3.05, 3.63) is 199 Å². The van der Waals surface area contributed by atoms with E-state index in [2.05, 4.69) is 149 Å². The van der Waals surface area contributed by atoms with E-state index in [1.54, 1.807) is 0 Å². The van der Waals surface area contributed by atoms with Crippen LogP contribution in [0.3, 0.4) is 0 Å². The predicted molar refractivity (Wildman–Crippen MR) is 227 cm³/mol. The average Bonchev–Trinajstić information content (AvgIpc) is 3.78. The molecular weight excluding hydrogens is 685 g/mol. The summed E-state index contributed by atoms with van der Waals surface area (Å²) in [6, 6.07) is 62.9. The maximum atomic E-state index is 5.31. The van der Waals surface area contributed by atoms with Gasteiger partial charge in [0.15, 0.2) is 0 Å². The lowest BCUT2D eigenvalue weighted by atomic mass is 9.89. The quantitative estimate of drug-likeness (QED) is 0.171. The molecule has 6 heterocycles. The summed E-state index contributed by atoms with van der Waals surface area (Å²) in [6.45, 7) is 0. The summed E-state index contributed by atoms with van der Waals surface area (Å²) in [5.41, 5.74) is 14.7. The Morgan fingerprint density at radius 3 is 1.62 bits per heavy atom. The van der Waals surface area contributed by atoms with E-state index in [-0.39, 0.29) is 6.04 Å². The van der Waals surface area contributed by atoms with E-state index in [9.17, 15) is 0 Å². The molecule has 0 bridgehead atoms. The number of fused-ring (bicyclic) bond motifs is 6. The molecule has 6 heteroatoms. The van der Waals surface area contributed by atoms with Crippen molar-refractivity contribution in [3.8, 4) is 51.1 Å². The maximum absolute atomic E-state index is 5.31. The van der Waals surface area contributed by atoms with Gasteiger partial charge in [-0.1, -0.05) is 121 Å². The molecule has 0 saturated heterocycles. The molecule has 0 saturated carbocycles. The summed E-state index contributed by atoms with van der Waals surface area (Å²) in [6.07, 6.45) is 3.18. The van der Waals surface area contributed by atoms with Crippen molar-refractivity contribution in [1.82, 2.24) is 24.5 Å². The summed E-state index contributed by atoms with van der Waals surface area (Å²) >= 11 is 0. The van der Waals surface area contributed by atoms with Crippen LogP contribution in [0.25, 0.3) is 73.7 Å². The minimum absolute atomic E-state index is 0.0294. The molecule has 5 aromatic heterocycles. The molecular formula is C50H34N6. The molecule has 4 aromatic carbocycles. The summed E-state index contributed by atoms with van der Waals surface area (Å²) in [5.74, 6) is 1.76. The summed E-state index contributed by atoms with van der Waals surface area (Å²) in [5, 5.41) is 1.21. The number of nitrogens with zero attached hydrogens (tertiary/aromatic N) is 6. The first-order chi connectivity index (χ1) is 27.8. The Balaban J connectivity index is 1.02. The number of aromatic nitrogens is 5. The lowest BCUT2D eigenvalue weighted by Crippen LogP contribution is -2.32. The van der Waals surface area contributed by atoms with E-state index >= 15 is 0 Å². The number of anilines is 2. The highest BCUT2D eigenvalue weighted by Crippen LogP contribution is 2.50. The van der Waals surface area contributed by atoms with Gasteiger partial charge in [0.1, 0.15) is 11.6 Å². The first-order valence-corrected chi connectivity index (χ1v) is 19.0. The minimum Gasteiger partial charge on any atom is -0.318 e. The fourth-order valence-corrected chi connectivity index (χ4v) is 8.44. The zero-order valence-corrected chi connectivity index (χ0v) is 30.4. The highest BCUT2D eigenvalue weighted by atomic mass is 15.2. The first-order valence-electron chi connectivity index (χ1n) is 19.0. The fourth-order valence-electron chi connectivity index (χ4n) is 8.44. The van der Waals surface area contributed by atoms with Gasteiger partial charge in [-0.25, -0.2) is 19.9 Å². The van der Waals surface area contributed by atoms with Gasteiger partial charge in [-0.2, -0.15) is 0 Å². The number of rotatable bonds is 6. The number of hydrogen-bond donors (Lipinski definition) is 0. The normalized spacial score (nSPS) is 14.2. The highest BCUT2D eigenvalue weighted by molar-refractivity contribution is 6.05. The molecule has 0 fully saturated rings. The summed E-state index contributed by atoms with van der Waals surface area (Å²) in [7, 11) is 0. The van der Waals surface area contributed by atoms with Gasteiger partial charge in [-0.15, -0.1) is 0 Å². The van der Waals surface area contributed by atoms with Crippen LogP contribution in [0.1, 0.15) is 16.8 Å². The molecule has 1 atom stereocenters. The smallest absolute Gasteiger partial charge is 0.138 e. The molecule has 9 aromatic rings. The number of pyridine rings is 4. The lowest BCUT2D eigenvalue weighted by Gasteiger charge is -2.30. The third-order valence-corrected chi connectivity index (χ3v) is 11.0. The lowest BCUT2D eigenvalue weighted by molar-refractivity contribution is 0.760. The maximum Gasteiger partial charge on any atom is 0.138 e. The van der Waals surface area contributed by atoms with Crippen molar-refractivity contribution in [2.24, 2.45) is 0 Å². The van der Waals surface area contributed by atoms with Crippen LogP contribution in [0, 0.1) is 0 Å². The van der Waals surface area contributed by atoms with Crippen molar-refractivity contribution < 1.29 is 0 Å². The van der Waals surface area contributed by atoms with E-state index < -0.39 is 0 Å². The predicted octanol–water partition coefficient (Wildman–Crippen LogP) is 11.5. The Morgan fingerprint density at radius 2 is 0.946 bits per heavy atom. The van der Waals surface area contributed by atoms with Crippen molar-refractivity contribution >= 4 is 34.1 Å². The number of para-hydroxylation sites is 2. The molecule has 0 spiro atoms. The van der Waals surface area contributed by atoms with Crippen molar-refractivity contribution in [3.63, 3.8) is 0 Å². The molecule has 2 aliphatic rings. The van der Waals surface area contributed by atoms with Crippen LogP contribution in [0.5, 0.6) is 0 Å². The van der Waals surface area contributed by atoms with Crippen LogP contribution in [0.15, 0.2) is 182 Å². The molecule has 0 amide bonds. The Morgan fingerprint density at radius 1 is 0.429 bits per heavy atom. The second kappa shape index (κ2) is 13.1. The molecule has 1 unspecified atom stereocenters. The molecule has 6 nitrogen and oxygen atoms in total. The van der Waals surface area contributed by atoms with Crippen LogP contribution < -0.4 is 4.90 Å². The largest absolute Gasteiger partial charge is 0.318 e. The third-order valence-electron chi connectivity index (χ3n) is 11.0. The van der Waals surface area contributed by atoms with Crippen molar-refractivity contribution in [2.45, 2.75) is 12.5 Å². The van der Waals surface area contributed by atoms with Crippen LogP contribution >= 0.6 is 0 Å². The molecule has 11 rings (SSSR count). The summed E-state index contributed by atoms with van der Waals surface area (Å²) < 4.78 is 2.35. The van der Waals surface area contributed by atoms with Gasteiger partial charge in [0.25, 0.3) is 0 Å². The number of benzene rings is 4.